The van der Waals surface area contributed by atoms with Crippen LogP contribution in [0.1, 0.15) is 71.5 Å². The van der Waals surface area contributed by atoms with Gasteiger partial charge in [-0.3, -0.25) is 0 Å². The van der Waals surface area contributed by atoms with Gasteiger partial charge >= 0.3 is 0 Å². The fourth-order valence-electron chi connectivity index (χ4n) is 5.01. The highest BCUT2D eigenvalue weighted by atomic mass is 15.2. The van der Waals surface area contributed by atoms with Crippen molar-refractivity contribution in [3.8, 4) is 6.07 Å². The smallest absolute Gasteiger partial charge is 0.114 e. The third-order valence-electron chi connectivity index (χ3n) is 6.65. The van der Waals surface area contributed by atoms with Gasteiger partial charge in [-0.2, -0.15) is 5.26 Å². The first kappa shape index (κ1) is 21.2. The Kier molecular flexibility index (Phi) is 6.52. The molecule has 0 spiro atoms. The number of fused-ring (bicyclic) bond motifs is 1. The minimum atomic E-state index is 0.0487. The highest BCUT2D eigenvalue weighted by Gasteiger charge is 2.42. The van der Waals surface area contributed by atoms with Gasteiger partial charge in [-0.15, -0.1) is 6.58 Å². The first-order valence-electron chi connectivity index (χ1n) is 10.9. The number of hydrogen-bond donors (Lipinski definition) is 2. The maximum absolute atomic E-state index is 9.29. The van der Waals surface area contributed by atoms with E-state index in [0.717, 1.165) is 56.1 Å². The molecular formula is C24H35N5. The van der Waals surface area contributed by atoms with Gasteiger partial charge in [0.25, 0.3) is 0 Å². The Hall–Kier alpha value is -2.48. The van der Waals surface area contributed by atoms with Crippen molar-refractivity contribution >= 4 is 11.8 Å². The molecule has 0 atom stereocenters. The summed E-state index contributed by atoms with van der Waals surface area (Å²) in [6.45, 7) is 11.4. The van der Waals surface area contributed by atoms with Crippen LogP contribution >= 0.6 is 0 Å². The highest BCUT2D eigenvalue weighted by Crippen LogP contribution is 2.48. The number of hydrogen-bond acceptors (Lipinski definition) is 4. The molecular weight excluding hydrogens is 358 g/mol. The second-order valence-corrected chi connectivity index (χ2v) is 8.96. The highest BCUT2D eigenvalue weighted by molar-refractivity contribution is 5.53. The summed E-state index contributed by atoms with van der Waals surface area (Å²) in [6.07, 6.45) is 16.2. The van der Waals surface area contributed by atoms with E-state index in [1.54, 1.807) is 0 Å². The van der Waals surface area contributed by atoms with Gasteiger partial charge in [-0.1, -0.05) is 26.3 Å². The lowest BCUT2D eigenvalue weighted by atomic mass is 9.65. The van der Waals surface area contributed by atoms with Gasteiger partial charge in [-0.25, -0.2) is 4.98 Å². The van der Waals surface area contributed by atoms with Crippen LogP contribution in [0.5, 0.6) is 0 Å². The summed E-state index contributed by atoms with van der Waals surface area (Å²) in [4.78, 5) is 5.05. The van der Waals surface area contributed by atoms with Gasteiger partial charge in [0.1, 0.15) is 11.2 Å². The first-order chi connectivity index (χ1) is 14.0. The molecule has 156 valence electrons. The lowest BCUT2D eigenvalue weighted by molar-refractivity contribution is 0.0853. The summed E-state index contributed by atoms with van der Waals surface area (Å²) < 4.78 is 2.54. The molecule has 0 unspecified atom stereocenters. The molecule has 0 amide bonds. The number of nitriles is 1. The number of nitrogens with one attached hydrogen (secondary N) is 2. The Morgan fingerprint density at radius 3 is 2.72 bits per heavy atom. The van der Waals surface area contributed by atoms with Crippen LogP contribution in [0.3, 0.4) is 0 Å². The largest absolute Gasteiger partial charge is 0.374 e. The average Bonchev–Trinajstić information content (AvgIpc) is 3.08. The van der Waals surface area contributed by atoms with Gasteiger partial charge in [0.05, 0.1) is 18.1 Å². The minimum absolute atomic E-state index is 0.0487. The van der Waals surface area contributed by atoms with Gasteiger partial charge in [-0.05, 0) is 62.3 Å². The molecule has 0 saturated heterocycles. The lowest BCUT2D eigenvalue weighted by Crippen LogP contribution is -2.48. The maximum atomic E-state index is 9.29. The van der Waals surface area contributed by atoms with E-state index in [1.807, 2.05) is 18.5 Å². The van der Waals surface area contributed by atoms with Crippen LogP contribution in [0.2, 0.25) is 0 Å². The molecule has 2 aliphatic rings. The summed E-state index contributed by atoms with van der Waals surface area (Å²) in [5, 5.41) is 18.1. The number of nitrogens with zero attached hydrogens (tertiary/aromatic N) is 3. The fourth-order valence-corrected chi connectivity index (χ4v) is 5.01. The summed E-state index contributed by atoms with van der Waals surface area (Å²) in [7, 11) is 0. The van der Waals surface area contributed by atoms with Gasteiger partial charge in [0.2, 0.25) is 0 Å². The Morgan fingerprint density at radius 1 is 1.31 bits per heavy atom. The molecule has 5 heteroatoms. The van der Waals surface area contributed by atoms with E-state index in [2.05, 4.69) is 54.7 Å². The van der Waals surface area contributed by atoms with E-state index in [0.29, 0.717) is 13.1 Å². The van der Waals surface area contributed by atoms with E-state index in [-0.39, 0.29) is 11.0 Å². The molecule has 0 aromatic carbocycles. The third kappa shape index (κ3) is 4.27. The van der Waals surface area contributed by atoms with Crippen molar-refractivity contribution in [3.63, 3.8) is 0 Å². The third-order valence-corrected chi connectivity index (χ3v) is 6.65. The van der Waals surface area contributed by atoms with Crippen molar-refractivity contribution in [3.05, 3.63) is 41.5 Å². The zero-order valence-corrected chi connectivity index (χ0v) is 18.2. The SMILES string of the molecule is C=CCc1nc2/c(n1C1(CCC)CCC(C)(CC#N)CC1)=C(C)/C=C\NCN/C=2. The zero-order chi connectivity index (χ0) is 20.9. The van der Waals surface area contributed by atoms with E-state index in [9.17, 15) is 5.26 Å². The molecule has 2 heterocycles. The number of imidazole rings is 1. The summed E-state index contributed by atoms with van der Waals surface area (Å²) >= 11 is 0. The molecule has 0 radical (unpaired) electrons. The Labute approximate surface area is 174 Å². The van der Waals surface area contributed by atoms with E-state index < -0.39 is 0 Å². The average molecular weight is 394 g/mol. The molecule has 0 bridgehead atoms. The molecule has 1 aromatic heterocycles. The topological polar surface area (TPSA) is 65.7 Å². The minimum Gasteiger partial charge on any atom is -0.374 e. The Bertz CT molecular complexity index is 920. The molecule has 2 N–H and O–H groups in total. The fraction of sp³-hybridized carbons (Fsp3) is 0.583. The molecule has 1 aliphatic carbocycles. The van der Waals surface area contributed by atoms with Crippen molar-refractivity contribution in [2.45, 2.75) is 77.7 Å². The van der Waals surface area contributed by atoms with Crippen LogP contribution in [0.25, 0.3) is 11.8 Å². The summed E-state index contributed by atoms with van der Waals surface area (Å²) in [5.74, 6) is 1.10. The number of allylic oxidation sites excluding steroid dienone is 2. The molecule has 29 heavy (non-hydrogen) atoms. The van der Waals surface area contributed by atoms with Crippen LogP contribution in [-0.2, 0) is 12.0 Å². The van der Waals surface area contributed by atoms with E-state index >= 15 is 0 Å². The van der Waals surface area contributed by atoms with Crippen LogP contribution in [0.15, 0.2) is 24.9 Å². The standard InChI is InChI=1S/C24H35N5/c1-5-7-21-28-20-17-27-18-26-16-8-19(3)22(20)29(21)24(9-6-2)12-10-23(4,11-13-24)14-15-25/h5,8,16-17,26-27H,1,6-7,9-14,18H2,2-4H3/b16-8-,20-17-,22-19-. The second kappa shape index (κ2) is 8.90. The molecule has 1 aliphatic heterocycles. The van der Waals surface area contributed by atoms with Crippen molar-refractivity contribution in [2.24, 2.45) is 5.41 Å². The van der Waals surface area contributed by atoms with Crippen molar-refractivity contribution in [1.82, 2.24) is 20.2 Å². The predicted molar refractivity (Wildman–Crippen MR) is 119 cm³/mol. The number of rotatable bonds is 6. The quantitative estimate of drug-likeness (QED) is 0.729. The maximum Gasteiger partial charge on any atom is 0.114 e. The Balaban J connectivity index is 2.22. The summed E-state index contributed by atoms with van der Waals surface area (Å²) in [6, 6.07) is 2.42. The molecule has 1 aromatic rings. The molecule has 1 fully saturated rings. The van der Waals surface area contributed by atoms with E-state index in [4.69, 9.17) is 4.98 Å². The zero-order valence-electron chi connectivity index (χ0n) is 18.2. The van der Waals surface area contributed by atoms with Gasteiger partial charge < -0.3 is 15.2 Å². The summed E-state index contributed by atoms with van der Waals surface area (Å²) in [5.41, 5.74) is 1.40. The van der Waals surface area contributed by atoms with Gasteiger partial charge in [0, 0.05) is 24.6 Å². The van der Waals surface area contributed by atoms with E-state index in [1.165, 1.54) is 10.9 Å². The lowest BCUT2D eigenvalue weighted by Gasteiger charge is -2.46. The van der Waals surface area contributed by atoms with Crippen LogP contribution < -0.4 is 21.3 Å². The number of aromatic nitrogens is 2. The molecule has 1 saturated carbocycles. The molecule has 5 nitrogen and oxygen atoms in total. The first-order valence-corrected chi connectivity index (χ1v) is 10.9. The van der Waals surface area contributed by atoms with Crippen LogP contribution in [0, 0.1) is 16.7 Å². The van der Waals surface area contributed by atoms with Crippen molar-refractivity contribution < 1.29 is 0 Å². The predicted octanol–water partition coefficient (Wildman–Crippen LogP) is 3.17. The Morgan fingerprint density at radius 2 is 2.07 bits per heavy atom. The monoisotopic (exact) mass is 393 g/mol. The van der Waals surface area contributed by atoms with Crippen molar-refractivity contribution in [2.75, 3.05) is 6.67 Å². The van der Waals surface area contributed by atoms with Crippen molar-refractivity contribution in [1.29, 1.82) is 5.26 Å². The normalized spacial score (nSPS) is 30.8. The molecule has 3 rings (SSSR count). The van der Waals surface area contributed by atoms with Crippen LogP contribution in [-0.4, -0.2) is 16.2 Å². The van der Waals surface area contributed by atoms with Crippen LogP contribution in [0.4, 0.5) is 0 Å². The van der Waals surface area contributed by atoms with Gasteiger partial charge in [0.15, 0.2) is 0 Å². The second-order valence-electron chi connectivity index (χ2n) is 8.96.